The molecule has 0 saturated carbocycles. The molecular weight excluding hydrogens is 370 g/mol. The van der Waals surface area contributed by atoms with Gasteiger partial charge in [-0.25, -0.2) is 13.4 Å². The Balaban J connectivity index is 1.53. The van der Waals surface area contributed by atoms with Gasteiger partial charge in [0.05, 0.1) is 10.6 Å². The van der Waals surface area contributed by atoms with E-state index in [1.165, 1.54) is 20.5 Å². The molecule has 1 fully saturated rings. The molecule has 1 amide bonds. The first kappa shape index (κ1) is 17.6. The number of carbonyl (C=O) groups is 1. The van der Waals surface area contributed by atoms with Crippen molar-refractivity contribution in [1.29, 1.82) is 0 Å². The average Bonchev–Trinajstić information content (AvgIpc) is 3.30. The van der Waals surface area contributed by atoms with Crippen LogP contribution in [0.5, 0.6) is 0 Å². The Hall–Kier alpha value is -1.77. The first-order chi connectivity index (χ1) is 12.4. The third-order valence-electron chi connectivity index (χ3n) is 4.96. The lowest BCUT2D eigenvalue weighted by molar-refractivity contribution is -0.119. The van der Waals surface area contributed by atoms with Gasteiger partial charge in [-0.15, -0.1) is 11.3 Å². The molecule has 0 radical (unpaired) electrons. The van der Waals surface area contributed by atoms with Gasteiger partial charge in [-0.05, 0) is 51.2 Å². The average molecular weight is 392 g/mol. The van der Waals surface area contributed by atoms with Gasteiger partial charge >= 0.3 is 0 Å². The van der Waals surface area contributed by atoms with Crippen LogP contribution in [0.25, 0.3) is 0 Å². The summed E-state index contributed by atoms with van der Waals surface area (Å²) in [6.45, 7) is 2.27. The minimum Gasteiger partial charge on any atom is -0.301 e. The molecule has 1 aliphatic heterocycles. The number of rotatable bonds is 4. The van der Waals surface area contributed by atoms with Gasteiger partial charge in [0.25, 0.3) is 0 Å². The summed E-state index contributed by atoms with van der Waals surface area (Å²) in [4.78, 5) is 18.7. The van der Waals surface area contributed by atoms with E-state index in [2.05, 4.69) is 10.3 Å². The summed E-state index contributed by atoms with van der Waals surface area (Å²) in [6, 6.07) is 6.07. The summed E-state index contributed by atoms with van der Waals surface area (Å²) in [7, 11) is -3.68. The summed E-state index contributed by atoms with van der Waals surface area (Å²) in [5.74, 6) is -0.286. The van der Waals surface area contributed by atoms with E-state index in [1.807, 2.05) is 6.92 Å². The highest BCUT2D eigenvalue weighted by Crippen LogP contribution is 2.32. The number of nitrogens with one attached hydrogen (secondary N) is 1. The maximum absolute atomic E-state index is 13.0. The lowest BCUT2D eigenvalue weighted by Crippen LogP contribution is -2.43. The fourth-order valence-corrected chi connectivity index (χ4v) is 6.28. The van der Waals surface area contributed by atoms with Gasteiger partial charge in [0.15, 0.2) is 5.13 Å². The summed E-state index contributed by atoms with van der Waals surface area (Å²) in [5, 5.41) is 3.42. The Morgan fingerprint density at radius 1 is 1.23 bits per heavy atom. The van der Waals surface area contributed by atoms with Crippen LogP contribution in [0.2, 0.25) is 0 Å². The Morgan fingerprint density at radius 2 is 2.00 bits per heavy atom. The Morgan fingerprint density at radius 3 is 2.73 bits per heavy atom. The quantitative estimate of drug-likeness (QED) is 0.869. The summed E-state index contributed by atoms with van der Waals surface area (Å²) in [5.41, 5.74) is 2.07. The first-order valence-electron chi connectivity index (χ1n) is 8.83. The van der Waals surface area contributed by atoms with Crippen LogP contribution < -0.4 is 5.32 Å². The van der Waals surface area contributed by atoms with Crippen LogP contribution in [0.1, 0.15) is 35.4 Å². The van der Waals surface area contributed by atoms with Gasteiger partial charge in [-0.1, -0.05) is 17.7 Å². The van der Waals surface area contributed by atoms with E-state index < -0.39 is 16.1 Å². The SMILES string of the molecule is Cc1ccc(S(=O)(=O)N2CCC[C@H]2C(=O)Nc2nc3c(s2)CCC3)cc1. The summed E-state index contributed by atoms with van der Waals surface area (Å²) in [6.07, 6.45) is 4.30. The lowest BCUT2D eigenvalue weighted by atomic mass is 10.2. The van der Waals surface area contributed by atoms with E-state index in [0.29, 0.717) is 24.5 Å². The zero-order valence-corrected chi connectivity index (χ0v) is 16.2. The predicted octanol–water partition coefficient (Wildman–Crippen LogP) is 2.73. The number of sulfonamides is 1. The number of aryl methyl sites for hydroxylation is 3. The number of anilines is 1. The van der Waals surface area contributed by atoms with Crippen molar-refractivity contribution in [3.8, 4) is 0 Å². The highest BCUT2D eigenvalue weighted by molar-refractivity contribution is 7.89. The van der Waals surface area contributed by atoms with Crippen molar-refractivity contribution in [3.63, 3.8) is 0 Å². The Bertz CT molecular complexity index is 914. The van der Waals surface area contributed by atoms with Crippen molar-refractivity contribution in [2.75, 3.05) is 11.9 Å². The first-order valence-corrected chi connectivity index (χ1v) is 11.1. The van der Waals surface area contributed by atoms with Crippen LogP contribution in [0.4, 0.5) is 5.13 Å². The van der Waals surface area contributed by atoms with E-state index in [9.17, 15) is 13.2 Å². The molecule has 2 aromatic rings. The molecule has 1 atom stereocenters. The number of nitrogens with zero attached hydrogens (tertiary/aromatic N) is 2. The van der Waals surface area contributed by atoms with E-state index >= 15 is 0 Å². The van der Waals surface area contributed by atoms with E-state index in [4.69, 9.17) is 0 Å². The van der Waals surface area contributed by atoms with Crippen LogP contribution in [0.3, 0.4) is 0 Å². The van der Waals surface area contributed by atoms with Gasteiger partial charge in [0, 0.05) is 11.4 Å². The fraction of sp³-hybridized carbons (Fsp3) is 0.444. The lowest BCUT2D eigenvalue weighted by Gasteiger charge is -2.23. The maximum atomic E-state index is 13.0. The molecule has 0 unspecified atom stereocenters. The smallest absolute Gasteiger partial charge is 0.244 e. The Labute approximate surface area is 157 Å². The van der Waals surface area contributed by atoms with Gasteiger partial charge in [-0.3, -0.25) is 4.79 Å². The van der Waals surface area contributed by atoms with Gasteiger partial charge in [-0.2, -0.15) is 4.31 Å². The molecular formula is C18H21N3O3S2. The second-order valence-electron chi connectivity index (χ2n) is 6.82. The number of hydrogen-bond donors (Lipinski definition) is 1. The third kappa shape index (κ3) is 3.17. The van der Waals surface area contributed by atoms with Crippen molar-refractivity contribution < 1.29 is 13.2 Å². The zero-order chi connectivity index (χ0) is 18.3. The number of aromatic nitrogens is 1. The van der Waals surface area contributed by atoms with Crippen LogP contribution in [-0.2, 0) is 27.7 Å². The largest absolute Gasteiger partial charge is 0.301 e. The molecule has 1 aromatic carbocycles. The van der Waals surface area contributed by atoms with Gasteiger partial charge in [0.1, 0.15) is 6.04 Å². The van der Waals surface area contributed by atoms with Crippen molar-refractivity contribution in [3.05, 3.63) is 40.4 Å². The summed E-state index contributed by atoms with van der Waals surface area (Å²) >= 11 is 1.50. The van der Waals surface area contributed by atoms with E-state index in [0.717, 1.165) is 30.5 Å². The molecule has 2 heterocycles. The minimum absolute atomic E-state index is 0.232. The van der Waals surface area contributed by atoms with Crippen molar-refractivity contribution in [2.45, 2.75) is 50.0 Å². The highest BCUT2D eigenvalue weighted by atomic mass is 32.2. The van der Waals surface area contributed by atoms with Crippen molar-refractivity contribution >= 4 is 32.4 Å². The van der Waals surface area contributed by atoms with Crippen LogP contribution in [-0.4, -0.2) is 36.2 Å². The molecule has 1 aliphatic carbocycles. The molecule has 1 aromatic heterocycles. The Kier molecular flexibility index (Phi) is 4.58. The molecule has 2 aliphatic rings. The normalized spacial score (nSPS) is 20.3. The van der Waals surface area contributed by atoms with Crippen LogP contribution in [0, 0.1) is 6.92 Å². The van der Waals surface area contributed by atoms with Crippen molar-refractivity contribution in [1.82, 2.24) is 9.29 Å². The number of hydrogen-bond acceptors (Lipinski definition) is 5. The van der Waals surface area contributed by atoms with Crippen LogP contribution >= 0.6 is 11.3 Å². The third-order valence-corrected chi connectivity index (χ3v) is 7.95. The molecule has 6 nitrogen and oxygen atoms in total. The molecule has 1 saturated heterocycles. The number of carbonyl (C=O) groups excluding carboxylic acids is 1. The molecule has 1 N–H and O–H groups in total. The molecule has 0 spiro atoms. The van der Waals surface area contributed by atoms with Crippen LogP contribution in [0.15, 0.2) is 29.2 Å². The number of thiazole rings is 1. The molecule has 26 heavy (non-hydrogen) atoms. The monoisotopic (exact) mass is 391 g/mol. The number of amides is 1. The second kappa shape index (κ2) is 6.75. The molecule has 8 heteroatoms. The van der Waals surface area contributed by atoms with Gasteiger partial charge in [0.2, 0.25) is 15.9 Å². The molecule has 4 rings (SSSR count). The van der Waals surface area contributed by atoms with E-state index in [-0.39, 0.29) is 10.8 Å². The number of fused-ring (bicyclic) bond motifs is 1. The topological polar surface area (TPSA) is 79.4 Å². The summed E-state index contributed by atoms with van der Waals surface area (Å²) < 4.78 is 27.2. The molecule has 138 valence electrons. The zero-order valence-electron chi connectivity index (χ0n) is 14.6. The second-order valence-corrected chi connectivity index (χ2v) is 9.79. The molecule has 0 bridgehead atoms. The maximum Gasteiger partial charge on any atom is 0.244 e. The standard InChI is InChI=1S/C18H21N3O3S2/c1-12-7-9-13(10-8-12)26(23,24)21-11-3-5-15(21)17(22)20-18-19-14-4-2-6-16(14)25-18/h7-10,15H,2-6,11H2,1H3,(H,19,20,22)/t15-/m0/s1. The number of benzene rings is 1. The fourth-order valence-electron chi connectivity index (χ4n) is 3.57. The minimum atomic E-state index is -3.68. The van der Waals surface area contributed by atoms with E-state index in [1.54, 1.807) is 24.3 Å². The highest BCUT2D eigenvalue weighted by Gasteiger charge is 2.39. The van der Waals surface area contributed by atoms with Crippen molar-refractivity contribution in [2.24, 2.45) is 0 Å². The predicted molar refractivity (Wildman–Crippen MR) is 101 cm³/mol. The van der Waals surface area contributed by atoms with Gasteiger partial charge < -0.3 is 5.32 Å².